The molecule has 1 aliphatic heterocycles. The molecule has 0 bridgehead atoms. The van der Waals surface area contributed by atoms with Gasteiger partial charge in [-0.1, -0.05) is 32.0 Å². The van der Waals surface area contributed by atoms with Crippen LogP contribution in [-0.4, -0.2) is 23.3 Å². The summed E-state index contributed by atoms with van der Waals surface area (Å²) in [5, 5.41) is 2.89. The zero-order valence-electron chi connectivity index (χ0n) is 15.1. The number of fused-ring (bicyclic) bond motifs is 1. The molecule has 5 heteroatoms. The van der Waals surface area contributed by atoms with Crippen LogP contribution in [0, 0.1) is 11.7 Å². The Morgan fingerprint density at radius 3 is 2.54 bits per heavy atom. The summed E-state index contributed by atoms with van der Waals surface area (Å²) < 4.78 is 12.9. The quantitative estimate of drug-likeness (QED) is 0.913. The van der Waals surface area contributed by atoms with E-state index in [1.165, 1.54) is 17.7 Å². The van der Waals surface area contributed by atoms with Crippen LogP contribution in [-0.2, 0) is 29.0 Å². The second-order valence-corrected chi connectivity index (χ2v) is 7.00. The third-order valence-electron chi connectivity index (χ3n) is 4.59. The molecule has 0 saturated heterocycles. The number of nitrogens with one attached hydrogen (secondary N) is 1. The van der Waals surface area contributed by atoms with E-state index < -0.39 is 0 Å². The number of rotatable bonds is 4. The molecule has 26 heavy (non-hydrogen) atoms. The predicted octanol–water partition coefficient (Wildman–Crippen LogP) is 3.55. The Balaban J connectivity index is 1.66. The molecular weight excluding hydrogens is 331 g/mol. The van der Waals surface area contributed by atoms with Crippen molar-refractivity contribution in [3.8, 4) is 0 Å². The van der Waals surface area contributed by atoms with Gasteiger partial charge in [0, 0.05) is 24.7 Å². The number of nitrogens with zero attached hydrogens (tertiary/aromatic N) is 1. The lowest BCUT2D eigenvalue weighted by molar-refractivity contribution is -0.135. The first-order valence-corrected chi connectivity index (χ1v) is 8.87. The van der Waals surface area contributed by atoms with Gasteiger partial charge in [-0.25, -0.2) is 4.39 Å². The maximum atomic E-state index is 12.9. The first-order valence-electron chi connectivity index (χ1n) is 8.87. The number of anilines is 1. The third-order valence-corrected chi connectivity index (χ3v) is 4.59. The summed E-state index contributed by atoms with van der Waals surface area (Å²) in [5.74, 6) is -0.330. The molecule has 1 N–H and O–H groups in total. The highest BCUT2D eigenvalue weighted by Gasteiger charge is 2.22. The number of hydrogen-bond donors (Lipinski definition) is 1. The van der Waals surface area contributed by atoms with Gasteiger partial charge in [0.25, 0.3) is 0 Å². The van der Waals surface area contributed by atoms with Crippen LogP contribution in [0.15, 0.2) is 42.5 Å². The lowest BCUT2D eigenvalue weighted by Crippen LogP contribution is -2.38. The fourth-order valence-corrected chi connectivity index (χ4v) is 3.18. The van der Waals surface area contributed by atoms with E-state index in [-0.39, 0.29) is 30.0 Å². The van der Waals surface area contributed by atoms with Gasteiger partial charge in [0.1, 0.15) is 5.82 Å². The molecule has 0 aliphatic carbocycles. The number of benzene rings is 2. The second-order valence-electron chi connectivity index (χ2n) is 7.00. The molecule has 0 unspecified atom stereocenters. The van der Waals surface area contributed by atoms with Crippen LogP contribution in [0.5, 0.6) is 0 Å². The molecule has 1 aliphatic rings. The van der Waals surface area contributed by atoms with E-state index in [1.54, 1.807) is 12.1 Å². The van der Waals surface area contributed by atoms with E-state index >= 15 is 0 Å². The summed E-state index contributed by atoms with van der Waals surface area (Å²) in [5.41, 5.74) is 3.77. The fourth-order valence-electron chi connectivity index (χ4n) is 3.18. The van der Waals surface area contributed by atoms with Crippen LogP contribution in [0.25, 0.3) is 0 Å². The highest BCUT2D eigenvalue weighted by molar-refractivity contribution is 5.92. The van der Waals surface area contributed by atoms with E-state index in [0.717, 1.165) is 29.8 Å². The van der Waals surface area contributed by atoms with E-state index in [2.05, 4.69) is 5.32 Å². The SMILES string of the molecule is CC(C)C(=O)N1CCc2ccc(NC(=O)Cc3ccc(F)cc3)cc2C1. The summed E-state index contributed by atoms with van der Waals surface area (Å²) in [6, 6.07) is 11.8. The van der Waals surface area contributed by atoms with Crippen molar-refractivity contribution in [2.45, 2.75) is 33.2 Å². The first-order chi connectivity index (χ1) is 12.4. The highest BCUT2D eigenvalue weighted by Crippen LogP contribution is 2.24. The topological polar surface area (TPSA) is 49.4 Å². The van der Waals surface area contributed by atoms with Gasteiger partial charge in [0.2, 0.25) is 11.8 Å². The number of amides is 2. The van der Waals surface area contributed by atoms with Gasteiger partial charge in [-0.2, -0.15) is 0 Å². The van der Waals surface area contributed by atoms with Crippen molar-refractivity contribution in [1.29, 1.82) is 0 Å². The Bertz CT molecular complexity index is 815. The lowest BCUT2D eigenvalue weighted by atomic mass is 9.98. The van der Waals surface area contributed by atoms with Crippen molar-refractivity contribution in [2.24, 2.45) is 5.92 Å². The van der Waals surface area contributed by atoms with Gasteiger partial charge in [-0.3, -0.25) is 9.59 Å². The molecule has 3 rings (SSSR count). The Kier molecular flexibility index (Phi) is 5.35. The van der Waals surface area contributed by atoms with E-state index in [9.17, 15) is 14.0 Å². The van der Waals surface area contributed by atoms with Crippen molar-refractivity contribution in [2.75, 3.05) is 11.9 Å². The number of halogens is 1. The van der Waals surface area contributed by atoms with Crippen molar-refractivity contribution in [3.63, 3.8) is 0 Å². The van der Waals surface area contributed by atoms with Crippen LogP contribution in [0.1, 0.15) is 30.5 Å². The largest absolute Gasteiger partial charge is 0.338 e. The van der Waals surface area contributed by atoms with E-state index in [1.807, 2.05) is 36.9 Å². The van der Waals surface area contributed by atoms with E-state index in [0.29, 0.717) is 6.54 Å². The van der Waals surface area contributed by atoms with Crippen LogP contribution in [0.3, 0.4) is 0 Å². The Morgan fingerprint density at radius 1 is 1.12 bits per heavy atom. The summed E-state index contributed by atoms with van der Waals surface area (Å²) in [6.07, 6.45) is 1.02. The maximum absolute atomic E-state index is 12.9. The van der Waals surface area contributed by atoms with Crippen LogP contribution in [0.4, 0.5) is 10.1 Å². The highest BCUT2D eigenvalue weighted by atomic mass is 19.1. The van der Waals surface area contributed by atoms with E-state index in [4.69, 9.17) is 0 Å². The second kappa shape index (κ2) is 7.68. The van der Waals surface area contributed by atoms with Crippen LogP contribution < -0.4 is 5.32 Å². The number of carbonyl (C=O) groups excluding carboxylic acids is 2. The molecule has 0 atom stereocenters. The molecule has 4 nitrogen and oxygen atoms in total. The van der Waals surface area contributed by atoms with Gasteiger partial charge in [-0.15, -0.1) is 0 Å². The Morgan fingerprint density at radius 2 is 1.85 bits per heavy atom. The Hall–Kier alpha value is -2.69. The third kappa shape index (κ3) is 4.28. The normalized spacial score (nSPS) is 13.5. The standard InChI is InChI=1S/C21H23FN2O2/c1-14(2)21(26)24-10-9-16-5-8-19(12-17(16)13-24)23-20(25)11-15-3-6-18(22)7-4-15/h3-8,12,14H,9-11,13H2,1-2H3,(H,23,25). The van der Waals surface area contributed by atoms with Crippen molar-refractivity contribution < 1.29 is 14.0 Å². The van der Waals surface area contributed by atoms with Crippen LogP contribution in [0.2, 0.25) is 0 Å². The first kappa shape index (κ1) is 18.1. The minimum absolute atomic E-state index is 0.0184. The van der Waals surface area contributed by atoms with Crippen molar-refractivity contribution in [3.05, 3.63) is 65.0 Å². The average Bonchev–Trinajstić information content (AvgIpc) is 2.62. The summed E-state index contributed by atoms with van der Waals surface area (Å²) in [6.45, 7) is 5.13. The minimum atomic E-state index is -0.315. The van der Waals surface area contributed by atoms with Crippen molar-refractivity contribution >= 4 is 17.5 Å². The minimum Gasteiger partial charge on any atom is -0.338 e. The van der Waals surface area contributed by atoms with Gasteiger partial charge in [0.15, 0.2) is 0 Å². The van der Waals surface area contributed by atoms with Gasteiger partial charge in [0.05, 0.1) is 6.42 Å². The van der Waals surface area contributed by atoms with Crippen LogP contribution >= 0.6 is 0 Å². The zero-order chi connectivity index (χ0) is 18.7. The summed E-state index contributed by atoms with van der Waals surface area (Å²) >= 11 is 0. The molecule has 0 radical (unpaired) electrons. The molecular formula is C21H23FN2O2. The summed E-state index contributed by atoms with van der Waals surface area (Å²) in [7, 11) is 0. The van der Waals surface area contributed by atoms with Crippen molar-refractivity contribution in [1.82, 2.24) is 4.90 Å². The molecule has 2 amide bonds. The molecule has 1 heterocycles. The molecule has 0 saturated carbocycles. The number of hydrogen-bond acceptors (Lipinski definition) is 2. The Labute approximate surface area is 153 Å². The smallest absolute Gasteiger partial charge is 0.228 e. The molecule has 136 valence electrons. The average molecular weight is 354 g/mol. The fraction of sp³-hybridized carbons (Fsp3) is 0.333. The van der Waals surface area contributed by atoms with Gasteiger partial charge < -0.3 is 10.2 Å². The maximum Gasteiger partial charge on any atom is 0.228 e. The lowest BCUT2D eigenvalue weighted by Gasteiger charge is -2.30. The molecule has 0 spiro atoms. The predicted molar refractivity (Wildman–Crippen MR) is 99.1 cm³/mol. The molecule has 0 aromatic heterocycles. The molecule has 2 aromatic rings. The molecule has 2 aromatic carbocycles. The monoisotopic (exact) mass is 354 g/mol. The number of carbonyl (C=O) groups is 2. The zero-order valence-corrected chi connectivity index (χ0v) is 15.1. The summed E-state index contributed by atoms with van der Waals surface area (Å²) in [4.78, 5) is 26.3. The van der Waals surface area contributed by atoms with Gasteiger partial charge >= 0.3 is 0 Å². The molecule has 0 fully saturated rings. The van der Waals surface area contributed by atoms with Gasteiger partial charge in [-0.05, 0) is 47.4 Å².